The highest BCUT2D eigenvalue weighted by Crippen LogP contribution is 2.22. The molecule has 0 aromatic heterocycles. The van der Waals surface area contributed by atoms with Gasteiger partial charge in [-0.05, 0) is 50.8 Å². The van der Waals surface area contributed by atoms with Crippen molar-refractivity contribution in [2.45, 2.75) is 64.0 Å². The number of likely N-dealkylation sites (tertiary alicyclic amines) is 1. The predicted octanol–water partition coefficient (Wildman–Crippen LogP) is 4.12. The van der Waals surface area contributed by atoms with Gasteiger partial charge in [-0.2, -0.15) is 0 Å². The Morgan fingerprint density at radius 2 is 2.05 bits per heavy atom. The maximum atomic E-state index is 6.29. The first-order valence-electron chi connectivity index (χ1n) is 8.36. The highest BCUT2D eigenvalue weighted by molar-refractivity contribution is 5.18. The van der Waals surface area contributed by atoms with Crippen molar-refractivity contribution in [3.63, 3.8) is 0 Å². The Bertz CT molecular complexity index is 361. The molecule has 1 aromatic carbocycles. The average Bonchev–Trinajstić information content (AvgIpc) is 2.50. The molecule has 2 rings (SSSR count). The van der Waals surface area contributed by atoms with Crippen LogP contribution in [0.4, 0.5) is 0 Å². The van der Waals surface area contributed by atoms with Gasteiger partial charge in [0.25, 0.3) is 0 Å². The molecule has 2 unspecified atom stereocenters. The van der Waals surface area contributed by atoms with Crippen molar-refractivity contribution in [2.75, 3.05) is 13.1 Å². The second-order valence-electron chi connectivity index (χ2n) is 6.13. The number of nitrogens with two attached hydrogens (primary N) is 1. The van der Waals surface area contributed by atoms with Gasteiger partial charge < -0.3 is 10.6 Å². The molecule has 112 valence electrons. The van der Waals surface area contributed by atoms with Crippen LogP contribution in [0.1, 0.15) is 63.5 Å². The number of benzene rings is 1. The molecule has 2 atom stereocenters. The molecule has 2 N–H and O–H groups in total. The van der Waals surface area contributed by atoms with Crippen molar-refractivity contribution < 1.29 is 0 Å². The lowest BCUT2D eigenvalue weighted by Gasteiger charge is -2.36. The van der Waals surface area contributed by atoms with E-state index in [1.807, 2.05) is 0 Å². The van der Waals surface area contributed by atoms with Gasteiger partial charge in [0.2, 0.25) is 0 Å². The van der Waals surface area contributed by atoms with Crippen LogP contribution in [0, 0.1) is 0 Å². The van der Waals surface area contributed by atoms with Crippen LogP contribution in [-0.2, 0) is 0 Å². The lowest BCUT2D eigenvalue weighted by molar-refractivity contribution is 0.136. The van der Waals surface area contributed by atoms with E-state index in [1.54, 1.807) is 0 Å². The smallest absolute Gasteiger partial charge is 0.0295 e. The third kappa shape index (κ3) is 4.60. The molecule has 1 aromatic rings. The molecule has 1 aliphatic heterocycles. The van der Waals surface area contributed by atoms with Crippen LogP contribution >= 0.6 is 0 Å². The summed E-state index contributed by atoms with van der Waals surface area (Å²) in [4.78, 5) is 2.71. The summed E-state index contributed by atoms with van der Waals surface area (Å²) in [5.74, 6) is 0. The Hall–Kier alpha value is -0.860. The van der Waals surface area contributed by atoms with Crippen LogP contribution < -0.4 is 5.73 Å². The third-order valence-corrected chi connectivity index (χ3v) is 4.56. The molecule has 1 fully saturated rings. The maximum Gasteiger partial charge on any atom is 0.0295 e. The zero-order chi connectivity index (χ0) is 14.2. The summed E-state index contributed by atoms with van der Waals surface area (Å²) in [6.45, 7) is 4.83. The molecule has 1 saturated heterocycles. The van der Waals surface area contributed by atoms with Crippen LogP contribution in [-0.4, -0.2) is 24.0 Å². The van der Waals surface area contributed by atoms with E-state index in [2.05, 4.69) is 42.2 Å². The highest BCUT2D eigenvalue weighted by atomic mass is 15.2. The van der Waals surface area contributed by atoms with E-state index in [9.17, 15) is 0 Å². The second kappa shape index (κ2) is 8.43. The zero-order valence-electron chi connectivity index (χ0n) is 12.9. The molecule has 0 spiro atoms. The standard InChI is InChI=1S/C18H30N2/c1-2-9-17-12-6-7-14-20(17)15-8-13-18(19)16-10-4-3-5-11-16/h3-5,10-11,17-18H,2,6-9,12-15,19H2,1H3. The van der Waals surface area contributed by atoms with Crippen molar-refractivity contribution in [3.05, 3.63) is 35.9 Å². The van der Waals surface area contributed by atoms with Crippen LogP contribution in [0.3, 0.4) is 0 Å². The van der Waals surface area contributed by atoms with Gasteiger partial charge in [-0.15, -0.1) is 0 Å². The number of piperidine rings is 1. The van der Waals surface area contributed by atoms with Crippen molar-refractivity contribution in [2.24, 2.45) is 5.73 Å². The van der Waals surface area contributed by atoms with Crippen LogP contribution in [0.25, 0.3) is 0 Å². The first-order valence-corrected chi connectivity index (χ1v) is 8.36. The number of nitrogens with zero attached hydrogens (tertiary/aromatic N) is 1. The van der Waals surface area contributed by atoms with Gasteiger partial charge in [0, 0.05) is 12.1 Å². The quantitative estimate of drug-likeness (QED) is 0.810. The first kappa shape index (κ1) is 15.5. The Morgan fingerprint density at radius 1 is 1.25 bits per heavy atom. The van der Waals surface area contributed by atoms with Crippen LogP contribution in [0.15, 0.2) is 30.3 Å². The van der Waals surface area contributed by atoms with Crippen molar-refractivity contribution in [3.8, 4) is 0 Å². The number of rotatable bonds is 7. The normalized spacial score (nSPS) is 21.8. The molecule has 2 nitrogen and oxygen atoms in total. The van der Waals surface area contributed by atoms with Crippen LogP contribution in [0.5, 0.6) is 0 Å². The monoisotopic (exact) mass is 274 g/mol. The van der Waals surface area contributed by atoms with Crippen molar-refractivity contribution >= 4 is 0 Å². The maximum absolute atomic E-state index is 6.29. The molecular weight excluding hydrogens is 244 g/mol. The Balaban J connectivity index is 1.74. The third-order valence-electron chi connectivity index (χ3n) is 4.56. The zero-order valence-corrected chi connectivity index (χ0v) is 12.9. The van der Waals surface area contributed by atoms with Gasteiger partial charge in [-0.25, -0.2) is 0 Å². The number of hydrogen-bond acceptors (Lipinski definition) is 2. The van der Waals surface area contributed by atoms with E-state index in [0.29, 0.717) is 0 Å². The van der Waals surface area contributed by atoms with E-state index in [4.69, 9.17) is 5.73 Å². The molecule has 2 heteroatoms. The van der Waals surface area contributed by atoms with E-state index in [-0.39, 0.29) is 6.04 Å². The summed E-state index contributed by atoms with van der Waals surface area (Å²) in [6, 6.07) is 11.5. The van der Waals surface area contributed by atoms with Gasteiger partial charge in [-0.3, -0.25) is 0 Å². The van der Waals surface area contributed by atoms with E-state index < -0.39 is 0 Å². The molecule has 0 radical (unpaired) electrons. The molecule has 0 saturated carbocycles. The lowest BCUT2D eigenvalue weighted by atomic mass is 9.97. The van der Waals surface area contributed by atoms with Gasteiger partial charge >= 0.3 is 0 Å². The van der Waals surface area contributed by atoms with Crippen molar-refractivity contribution in [1.82, 2.24) is 4.90 Å². The summed E-state index contributed by atoms with van der Waals surface area (Å²) in [5.41, 5.74) is 7.56. The molecular formula is C18H30N2. The fraction of sp³-hybridized carbons (Fsp3) is 0.667. The van der Waals surface area contributed by atoms with E-state index in [0.717, 1.165) is 12.5 Å². The Labute approximate surface area is 124 Å². The minimum absolute atomic E-state index is 0.200. The fourth-order valence-electron chi connectivity index (χ4n) is 3.40. The van der Waals surface area contributed by atoms with Gasteiger partial charge in [-0.1, -0.05) is 50.1 Å². The average molecular weight is 274 g/mol. The van der Waals surface area contributed by atoms with Gasteiger partial charge in [0.1, 0.15) is 0 Å². The fourth-order valence-corrected chi connectivity index (χ4v) is 3.40. The minimum atomic E-state index is 0.200. The molecule has 0 bridgehead atoms. The SMILES string of the molecule is CCCC1CCCCN1CCCC(N)c1ccccc1. The predicted molar refractivity (Wildman–Crippen MR) is 86.7 cm³/mol. The molecule has 0 aliphatic carbocycles. The minimum Gasteiger partial charge on any atom is -0.324 e. The van der Waals surface area contributed by atoms with Gasteiger partial charge in [0.15, 0.2) is 0 Å². The topological polar surface area (TPSA) is 29.3 Å². The summed E-state index contributed by atoms with van der Waals surface area (Å²) in [5, 5.41) is 0. The largest absolute Gasteiger partial charge is 0.324 e. The van der Waals surface area contributed by atoms with E-state index in [1.165, 1.54) is 57.2 Å². The second-order valence-corrected chi connectivity index (χ2v) is 6.13. The van der Waals surface area contributed by atoms with E-state index >= 15 is 0 Å². The summed E-state index contributed by atoms with van der Waals surface area (Å²) in [6.07, 6.45) is 9.19. The molecule has 1 heterocycles. The summed E-state index contributed by atoms with van der Waals surface area (Å²) < 4.78 is 0. The van der Waals surface area contributed by atoms with Crippen LogP contribution in [0.2, 0.25) is 0 Å². The molecule has 20 heavy (non-hydrogen) atoms. The summed E-state index contributed by atoms with van der Waals surface area (Å²) >= 11 is 0. The molecule has 0 amide bonds. The first-order chi connectivity index (χ1) is 9.81. The van der Waals surface area contributed by atoms with Crippen molar-refractivity contribution in [1.29, 1.82) is 0 Å². The Kier molecular flexibility index (Phi) is 6.55. The Morgan fingerprint density at radius 3 is 2.80 bits per heavy atom. The molecule has 1 aliphatic rings. The number of hydrogen-bond donors (Lipinski definition) is 1. The van der Waals surface area contributed by atoms with Gasteiger partial charge in [0.05, 0.1) is 0 Å². The summed E-state index contributed by atoms with van der Waals surface area (Å²) in [7, 11) is 0. The highest BCUT2D eigenvalue weighted by Gasteiger charge is 2.21. The lowest BCUT2D eigenvalue weighted by Crippen LogP contribution is -2.40.